The summed E-state index contributed by atoms with van der Waals surface area (Å²) in [6.45, 7) is 4.35. The highest BCUT2D eigenvalue weighted by molar-refractivity contribution is 5.69. The van der Waals surface area contributed by atoms with Gasteiger partial charge in [-0.1, -0.05) is 32.3 Å². The van der Waals surface area contributed by atoms with Gasteiger partial charge in [0.25, 0.3) is 0 Å². The Morgan fingerprint density at radius 2 is 2.05 bits per heavy atom. The zero-order valence-electron chi connectivity index (χ0n) is 13.9. The first kappa shape index (κ1) is 18.5. The Morgan fingerprint density at radius 3 is 2.68 bits per heavy atom. The summed E-state index contributed by atoms with van der Waals surface area (Å²) in [4.78, 5) is 11.4. The number of benzene rings is 1. The molecule has 0 saturated carbocycles. The van der Waals surface area contributed by atoms with Crippen molar-refractivity contribution in [3.63, 3.8) is 0 Å². The molecule has 0 saturated heterocycles. The molecule has 1 atom stereocenters. The zero-order valence-corrected chi connectivity index (χ0v) is 13.9. The predicted octanol–water partition coefficient (Wildman–Crippen LogP) is 3.80. The molecule has 0 aliphatic carbocycles. The van der Waals surface area contributed by atoms with Crippen LogP contribution in [0.1, 0.15) is 63.2 Å². The highest BCUT2D eigenvalue weighted by atomic mass is 16.5. The summed E-state index contributed by atoms with van der Waals surface area (Å²) in [5.74, 6) is 0.507. The van der Waals surface area contributed by atoms with Crippen molar-refractivity contribution in [3.8, 4) is 5.75 Å². The van der Waals surface area contributed by atoms with E-state index in [9.17, 15) is 9.90 Å². The van der Waals surface area contributed by atoms with Crippen LogP contribution in [0.4, 0.5) is 0 Å². The summed E-state index contributed by atoms with van der Waals surface area (Å²) in [5, 5.41) is 10.4. The third-order valence-corrected chi connectivity index (χ3v) is 3.66. The Balaban J connectivity index is 2.73. The minimum absolute atomic E-state index is 0.191. The molecule has 0 aliphatic heterocycles. The van der Waals surface area contributed by atoms with Crippen molar-refractivity contribution < 1.29 is 19.4 Å². The Hall–Kier alpha value is -1.55. The van der Waals surface area contributed by atoms with Crippen LogP contribution in [-0.2, 0) is 16.0 Å². The number of methoxy groups -OCH3 is 1. The molecule has 4 nitrogen and oxygen atoms in total. The van der Waals surface area contributed by atoms with Gasteiger partial charge < -0.3 is 14.6 Å². The van der Waals surface area contributed by atoms with E-state index in [4.69, 9.17) is 9.47 Å². The normalized spacial score (nSPS) is 12.0. The number of aliphatic hydroxyl groups excluding tert-OH is 1. The summed E-state index contributed by atoms with van der Waals surface area (Å²) in [6, 6.07) is 5.73. The highest BCUT2D eigenvalue weighted by Gasteiger charge is 2.14. The molecule has 1 rings (SSSR count). The van der Waals surface area contributed by atoms with Crippen LogP contribution in [-0.4, -0.2) is 24.8 Å². The monoisotopic (exact) mass is 308 g/mol. The first-order valence-corrected chi connectivity index (χ1v) is 8.12. The summed E-state index contributed by atoms with van der Waals surface area (Å²) < 4.78 is 10.3. The van der Waals surface area contributed by atoms with Gasteiger partial charge in [0.05, 0.1) is 19.8 Å². The van der Waals surface area contributed by atoms with Gasteiger partial charge in [-0.15, -0.1) is 0 Å². The summed E-state index contributed by atoms with van der Waals surface area (Å²) >= 11 is 0. The van der Waals surface area contributed by atoms with Crippen LogP contribution in [0.2, 0.25) is 0 Å². The van der Waals surface area contributed by atoms with Gasteiger partial charge in [-0.25, -0.2) is 0 Å². The lowest BCUT2D eigenvalue weighted by molar-refractivity contribution is -0.143. The average Bonchev–Trinajstić information content (AvgIpc) is 2.53. The van der Waals surface area contributed by atoms with Gasteiger partial charge in [-0.05, 0) is 37.5 Å². The molecule has 0 spiro atoms. The Bertz CT molecular complexity index is 456. The van der Waals surface area contributed by atoms with E-state index in [1.807, 2.05) is 18.2 Å². The van der Waals surface area contributed by atoms with Gasteiger partial charge in [-0.2, -0.15) is 0 Å². The largest absolute Gasteiger partial charge is 0.496 e. The van der Waals surface area contributed by atoms with E-state index in [2.05, 4.69) is 6.92 Å². The Labute approximate surface area is 133 Å². The molecule has 124 valence electrons. The molecule has 0 aliphatic rings. The lowest BCUT2D eigenvalue weighted by Gasteiger charge is -2.16. The van der Waals surface area contributed by atoms with Crippen LogP contribution >= 0.6 is 0 Å². The minimum atomic E-state index is -0.524. The molecule has 0 radical (unpaired) electrons. The number of carbonyl (C=O) groups is 1. The number of esters is 1. The third-order valence-electron chi connectivity index (χ3n) is 3.66. The number of hydrogen-bond acceptors (Lipinski definition) is 4. The number of ether oxygens (including phenoxy) is 2. The number of carbonyl (C=O) groups excluding carboxylic acids is 1. The van der Waals surface area contributed by atoms with Crippen LogP contribution in [0.5, 0.6) is 5.75 Å². The van der Waals surface area contributed by atoms with Gasteiger partial charge in [-0.3, -0.25) is 4.79 Å². The van der Waals surface area contributed by atoms with Crippen molar-refractivity contribution in [2.75, 3.05) is 13.7 Å². The Kier molecular flexibility index (Phi) is 8.60. The van der Waals surface area contributed by atoms with Crippen LogP contribution in [0, 0.1) is 0 Å². The van der Waals surface area contributed by atoms with Crippen LogP contribution in [0.15, 0.2) is 18.2 Å². The van der Waals surface area contributed by atoms with Crippen molar-refractivity contribution in [2.24, 2.45) is 0 Å². The second kappa shape index (κ2) is 10.2. The van der Waals surface area contributed by atoms with Crippen molar-refractivity contribution in [1.29, 1.82) is 0 Å². The van der Waals surface area contributed by atoms with Crippen molar-refractivity contribution in [1.82, 2.24) is 0 Å². The Morgan fingerprint density at radius 1 is 1.27 bits per heavy atom. The number of aryl methyl sites for hydroxylation is 1. The van der Waals surface area contributed by atoms with Crippen molar-refractivity contribution in [2.45, 2.75) is 58.5 Å². The van der Waals surface area contributed by atoms with Gasteiger partial charge >= 0.3 is 5.97 Å². The average molecular weight is 308 g/mol. The lowest BCUT2D eigenvalue weighted by Crippen LogP contribution is -2.06. The lowest BCUT2D eigenvalue weighted by atomic mass is 9.98. The minimum Gasteiger partial charge on any atom is -0.496 e. The maximum absolute atomic E-state index is 11.4. The number of unbranched alkanes of at least 4 members (excludes halogenated alkanes) is 2. The summed E-state index contributed by atoms with van der Waals surface area (Å²) in [6.07, 6.45) is 4.40. The number of rotatable bonds is 10. The van der Waals surface area contributed by atoms with Gasteiger partial charge in [0.2, 0.25) is 0 Å². The molecule has 0 heterocycles. The van der Waals surface area contributed by atoms with E-state index >= 15 is 0 Å². The quantitative estimate of drug-likeness (QED) is 0.527. The topological polar surface area (TPSA) is 55.8 Å². The molecule has 0 amide bonds. The molecular weight excluding hydrogens is 280 g/mol. The maximum Gasteiger partial charge on any atom is 0.306 e. The fraction of sp³-hybridized carbons (Fsp3) is 0.611. The third kappa shape index (κ3) is 6.06. The fourth-order valence-electron chi connectivity index (χ4n) is 2.42. The first-order valence-electron chi connectivity index (χ1n) is 8.12. The van der Waals surface area contributed by atoms with Gasteiger partial charge in [0.15, 0.2) is 0 Å². The second-order valence-corrected chi connectivity index (χ2v) is 5.39. The second-order valence-electron chi connectivity index (χ2n) is 5.39. The van der Waals surface area contributed by atoms with Gasteiger partial charge in [0.1, 0.15) is 5.75 Å². The van der Waals surface area contributed by atoms with E-state index in [0.29, 0.717) is 25.2 Å². The number of aliphatic hydroxyl groups is 1. The summed E-state index contributed by atoms with van der Waals surface area (Å²) in [7, 11) is 1.61. The smallest absolute Gasteiger partial charge is 0.306 e. The van der Waals surface area contributed by atoms with E-state index in [1.54, 1.807) is 14.0 Å². The van der Waals surface area contributed by atoms with Gasteiger partial charge in [0, 0.05) is 12.0 Å². The predicted molar refractivity (Wildman–Crippen MR) is 87.0 cm³/mol. The van der Waals surface area contributed by atoms with E-state index in [1.165, 1.54) is 0 Å². The SMILES string of the molecule is CCCCC[C@@H](O)c1cc(CCC(=O)OCC)ccc1OC. The van der Waals surface area contributed by atoms with Crippen LogP contribution < -0.4 is 4.74 Å². The van der Waals surface area contributed by atoms with Crippen molar-refractivity contribution in [3.05, 3.63) is 29.3 Å². The molecule has 0 fully saturated rings. The molecule has 1 aromatic carbocycles. The maximum atomic E-state index is 11.4. The van der Waals surface area contributed by atoms with E-state index < -0.39 is 6.10 Å². The molecule has 0 aromatic heterocycles. The van der Waals surface area contributed by atoms with Crippen LogP contribution in [0.3, 0.4) is 0 Å². The first-order chi connectivity index (χ1) is 10.6. The standard InChI is InChI=1S/C18H28O4/c1-4-6-7-8-16(19)15-13-14(9-11-17(15)21-3)10-12-18(20)22-5-2/h9,11,13,16,19H,4-8,10,12H2,1-3H3/t16-/m1/s1. The fourth-order valence-corrected chi connectivity index (χ4v) is 2.42. The molecule has 1 aromatic rings. The molecule has 4 heteroatoms. The highest BCUT2D eigenvalue weighted by Crippen LogP contribution is 2.30. The molecule has 1 N–H and O–H groups in total. The molecule has 22 heavy (non-hydrogen) atoms. The zero-order chi connectivity index (χ0) is 16.4. The van der Waals surface area contributed by atoms with E-state index in [0.717, 1.165) is 36.8 Å². The number of hydrogen-bond donors (Lipinski definition) is 1. The molecular formula is C18H28O4. The molecule has 0 unspecified atom stereocenters. The summed E-state index contributed by atoms with van der Waals surface area (Å²) in [5.41, 5.74) is 1.82. The van der Waals surface area contributed by atoms with E-state index in [-0.39, 0.29) is 5.97 Å². The van der Waals surface area contributed by atoms with Crippen molar-refractivity contribution >= 4 is 5.97 Å². The van der Waals surface area contributed by atoms with Crippen LogP contribution in [0.25, 0.3) is 0 Å². The molecule has 0 bridgehead atoms.